The minimum Gasteiger partial charge on any atom is -0.481 e. The number of hydrogen-bond donors (Lipinski definition) is 2. The summed E-state index contributed by atoms with van der Waals surface area (Å²) in [6.07, 6.45) is 17.3. The molecule has 0 aliphatic heterocycles. The van der Waals surface area contributed by atoms with Gasteiger partial charge in [0, 0.05) is 6.42 Å². The zero-order valence-corrected chi connectivity index (χ0v) is 13.7. The summed E-state index contributed by atoms with van der Waals surface area (Å²) in [6, 6.07) is 0. The van der Waals surface area contributed by atoms with Gasteiger partial charge >= 0.3 is 5.97 Å². The third kappa shape index (κ3) is 17.1. The lowest BCUT2D eigenvalue weighted by Gasteiger charge is -2.07. The van der Waals surface area contributed by atoms with E-state index in [2.05, 4.69) is 19.1 Å². The number of aliphatic hydroxyl groups excluding tert-OH is 1. The van der Waals surface area contributed by atoms with Gasteiger partial charge in [0.2, 0.25) is 0 Å². The van der Waals surface area contributed by atoms with Gasteiger partial charge in [0.25, 0.3) is 0 Å². The van der Waals surface area contributed by atoms with E-state index in [4.69, 9.17) is 5.11 Å². The molecule has 0 spiro atoms. The van der Waals surface area contributed by atoms with E-state index in [1.54, 1.807) is 0 Å². The lowest BCUT2D eigenvalue weighted by Crippen LogP contribution is -2.04. The van der Waals surface area contributed by atoms with Crippen molar-refractivity contribution in [2.24, 2.45) is 0 Å². The molecule has 0 aliphatic rings. The molecule has 124 valence electrons. The van der Waals surface area contributed by atoms with Gasteiger partial charge in [-0.3, -0.25) is 4.79 Å². The van der Waals surface area contributed by atoms with Crippen LogP contribution in [0.15, 0.2) is 12.2 Å². The molecule has 0 rings (SSSR count). The predicted octanol–water partition coefficient (Wildman–Crippen LogP) is 5.08. The Morgan fingerprint density at radius 3 is 2.29 bits per heavy atom. The number of carboxylic acids is 1. The quantitative estimate of drug-likeness (QED) is 0.327. The summed E-state index contributed by atoms with van der Waals surface area (Å²) in [5.74, 6) is -0.694. The SMILES string of the molecule is CCCCC/C=C\C[C@@H](O)CCCCCCCCC(=O)O. The maximum absolute atomic E-state index is 10.3. The summed E-state index contributed by atoms with van der Waals surface area (Å²) in [5, 5.41) is 18.4. The van der Waals surface area contributed by atoms with Crippen LogP contribution >= 0.6 is 0 Å². The highest BCUT2D eigenvalue weighted by molar-refractivity contribution is 5.66. The third-order valence-corrected chi connectivity index (χ3v) is 3.73. The van der Waals surface area contributed by atoms with E-state index in [0.717, 1.165) is 57.8 Å². The zero-order valence-electron chi connectivity index (χ0n) is 13.7. The Balaban J connectivity index is 3.26. The number of carboxylic acid groups (broad SMARTS) is 1. The van der Waals surface area contributed by atoms with Crippen LogP contribution in [-0.4, -0.2) is 22.3 Å². The van der Waals surface area contributed by atoms with Gasteiger partial charge in [-0.2, -0.15) is 0 Å². The fraction of sp³-hybridized carbons (Fsp3) is 0.833. The van der Waals surface area contributed by atoms with Crippen molar-refractivity contribution in [3.8, 4) is 0 Å². The van der Waals surface area contributed by atoms with Crippen molar-refractivity contribution in [2.75, 3.05) is 0 Å². The molecule has 0 unspecified atom stereocenters. The lowest BCUT2D eigenvalue weighted by molar-refractivity contribution is -0.137. The monoisotopic (exact) mass is 298 g/mol. The van der Waals surface area contributed by atoms with Crippen LogP contribution in [0.3, 0.4) is 0 Å². The molecule has 0 fully saturated rings. The van der Waals surface area contributed by atoms with Crippen LogP contribution in [0.25, 0.3) is 0 Å². The normalized spacial score (nSPS) is 12.9. The number of rotatable bonds is 15. The highest BCUT2D eigenvalue weighted by Crippen LogP contribution is 2.11. The molecule has 0 amide bonds. The van der Waals surface area contributed by atoms with Crippen molar-refractivity contribution in [2.45, 2.75) is 96.5 Å². The summed E-state index contributed by atoms with van der Waals surface area (Å²) in [5.41, 5.74) is 0. The summed E-state index contributed by atoms with van der Waals surface area (Å²) in [7, 11) is 0. The van der Waals surface area contributed by atoms with E-state index in [1.807, 2.05) is 0 Å². The average molecular weight is 298 g/mol. The zero-order chi connectivity index (χ0) is 15.8. The van der Waals surface area contributed by atoms with Crippen LogP contribution in [0.1, 0.15) is 90.4 Å². The first-order valence-electron chi connectivity index (χ1n) is 8.71. The molecular weight excluding hydrogens is 264 g/mol. The average Bonchev–Trinajstić information content (AvgIpc) is 2.45. The Labute approximate surface area is 130 Å². The summed E-state index contributed by atoms with van der Waals surface area (Å²) in [4.78, 5) is 10.3. The molecule has 3 heteroatoms. The standard InChI is InChI=1S/C18H34O3/c1-2-3-4-5-8-11-14-17(19)15-12-9-6-7-10-13-16-18(20)21/h8,11,17,19H,2-7,9-10,12-16H2,1H3,(H,20,21)/b11-8-/t17-/m1/s1. The topological polar surface area (TPSA) is 57.5 Å². The first-order chi connectivity index (χ1) is 10.2. The molecule has 3 nitrogen and oxygen atoms in total. The fourth-order valence-corrected chi connectivity index (χ4v) is 2.36. The Morgan fingerprint density at radius 2 is 1.62 bits per heavy atom. The van der Waals surface area contributed by atoms with E-state index in [0.29, 0.717) is 6.42 Å². The van der Waals surface area contributed by atoms with E-state index in [1.165, 1.54) is 19.3 Å². The molecule has 0 aromatic carbocycles. The molecule has 0 bridgehead atoms. The van der Waals surface area contributed by atoms with E-state index in [9.17, 15) is 9.90 Å². The van der Waals surface area contributed by atoms with Gasteiger partial charge in [0.15, 0.2) is 0 Å². The van der Waals surface area contributed by atoms with E-state index in [-0.39, 0.29) is 6.10 Å². The smallest absolute Gasteiger partial charge is 0.303 e. The number of hydrogen-bond acceptors (Lipinski definition) is 2. The second kappa shape index (κ2) is 15.6. The molecule has 0 aliphatic carbocycles. The number of allylic oxidation sites excluding steroid dienone is 1. The van der Waals surface area contributed by atoms with Crippen molar-refractivity contribution in [3.63, 3.8) is 0 Å². The van der Waals surface area contributed by atoms with Gasteiger partial charge in [-0.05, 0) is 32.1 Å². The van der Waals surface area contributed by atoms with Crippen LogP contribution in [0.5, 0.6) is 0 Å². The number of aliphatic carboxylic acids is 1. The maximum Gasteiger partial charge on any atom is 0.303 e. The molecular formula is C18H34O3. The molecule has 0 radical (unpaired) electrons. The Kier molecular flexibility index (Phi) is 14.9. The second-order valence-electron chi connectivity index (χ2n) is 5.91. The number of unbranched alkanes of at least 4 members (excludes halogenated alkanes) is 8. The Hall–Kier alpha value is -0.830. The molecule has 21 heavy (non-hydrogen) atoms. The van der Waals surface area contributed by atoms with E-state index >= 15 is 0 Å². The summed E-state index contributed by atoms with van der Waals surface area (Å²) in [6.45, 7) is 2.21. The van der Waals surface area contributed by atoms with Crippen LogP contribution in [0.4, 0.5) is 0 Å². The van der Waals surface area contributed by atoms with Crippen LogP contribution in [0, 0.1) is 0 Å². The van der Waals surface area contributed by atoms with Gasteiger partial charge in [0.1, 0.15) is 0 Å². The van der Waals surface area contributed by atoms with Crippen molar-refractivity contribution in [1.29, 1.82) is 0 Å². The highest BCUT2D eigenvalue weighted by Gasteiger charge is 2.01. The van der Waals surface area contributed by atoms with Gasteiger partial charge in [-0.25, -0.2) is 0 Å². The van der Waals surface area contributed by atoms with Crippen molar-refractivity contribution >= 4 is 5.97 Å². The number of carbonyl (C=O) groups is 1. The summed E-state index contributed by atoms with van der Waals surface area (Å²) < 4.78 is 0. The highest BCUT2D eigenvalue weighted by atomic mass is 16.4. The maximum atomic E-state index is 10.3. The molecule has 0 aromatic heterocycles. The summed E-state index contributed by atoms with van der Waals surface area (Å²) >= 11 is 0. The van der Waals surface area contributed by atoms with Gasteiger partial charge in [0.05, 0.1) is 6.10 Å². The minimum atomic E-state index is -0.694. The van der Waals surface area contributed by atoms with Gasteiger partial charge in [-0.1, -0.05) is 64.0 Å². The molecule has 2 N–H and O–H groups in total. The van der Waals surface area contributed by atoms with Crippen LogP contribution in [-0.2, 0) is 4.79 Å². The lowest BCUT2D eigenvalue weighted by atomic mass is 10.0. The second-order valence-corrected chi connectivity index (χ2v) is 5.91. The predicted molar refractivity (Wildman–Crippen MR) is 88.5 cm³/mol. The molecule has 0 saturated heterocycles. The largest absolute Gasteiger partial charge is 0.481 e. The molecule has 1 atom stereocenters. The van der Waals surface area contributed by atoms with Gasteiger partial charge in [-0.15, -0.1) is 0 Å². The van der Waals surface area contributed by atoms with Crippen molar-refractivity contribution in [1.82, 2.24) is 0 Å². The first kappa shape index (κ1) is 20.2. The van der Waals surface area contributed by atoms with Gasteiger partial charge < -0.3 is 10.2 Å². The van der Waals surface area contributed by atoms with Crippen LogP contribution < -0.4 is 0 Å². The van der Waals surface area contributed by atoms with E-state index < -0.39 is 5.97 Å². The van der Waals surface area contributed by atoms with Crippen molar-refractivity contribution in [3.05, 3.63) is 12.2 Å². The van der Waals surface area contributed by atoms with Crippen molar-refractivity contribution < 1.29 is 15.0 Å². The Morgan fingerprint density at radius 1 is 0.952 bits per heavy atom. The molecule has 0 saturated carbocycles. The molecule has 0 aromatic rings. The van der Waals surface area contributed by atoms with Crippen LogP contribution in [0.2, 0.25) is 0 Å². The first-order valence-corrected chi connectivity index (χ1v) is 8.71. The fourth-order valence-electron chi connectivity index (χ4n) is 2.36. The number of aliphatic hydroxyl groups is 1. The third-order valence-electron chi connectivity index (χ3n) is 3.73. The minimum absolute atomic E-state index is 0.195. The Bertz CT molecular complexity index is 261. The molecule has 0 heterocycles.